The Morgan fingerprint density at radius 2 is 2.06 bits per heavy atom. The number of carbonyl (C=O) groups excluding carboxylic acids is 1. The first-order valence-electron chi connectivity index (χ1n) is 5.65. The van der Waals surface area contributed by atoms with Gasteiger partial charge in [-0.1, -0.05) is 42.5 Å². The molecule has 0 bridgehead atoms. The lowest BCUT2D eigenvalue weighted by Crippen LogP contribution is -2.27. The molecule has 0 aliphatic heterocycles. The van der Waals surface area contributed by atoms with Crippen LogP contribution >= 0.6 is 0 Å². The first-order chi connectivity index (χ1) is 7.77. The highest BCUT2D eigenvalue weighted by Crippen LogP contribution is 2.37. The molecule has 0 N–H and O–H groups in total. The third kappa shape index (κ3) is 1.99. The summed E-state index contributed by atoms with van der Waals surface area (Å²) in [6.45, 7) is 3.83. The third-order valence-corrected chi connectivity index (χ3v) is 3.26. The highest BCUT2D eigenvalue weighted by Gasteiger charge is 2.30. The molecule has 1 aromatic carbocycles. The van der Waals surface area contributed by atoms with Crippen molar-refractivity contribution in [1.29, 1.82) is 0 Å². The summed E-state index contributed by atoms with van der Waals surface area (Å²) in [7, 11) is 0. The zero-order valence-electron chi connectivity index (χ0n) is 9.36. The minimum absolute atomic E-state index is 0.0169. The Morgan fingerprint density at radius 3 is 2.62 bits per heavy atom. The van der Waals surface area contributed by atoms with Gasteiger partial charge in [0.15, 0.2) is 5.78 Å². The van der Waals surface area contributed by atoms with Gasteiger partial charge in [0.2, 0.25) is 0 Å². The Morgan fingerprint density at radius 1 is 1.31 bits per heavy atom. The van der Waals surface area contributed by atoms with Gasteiger partial charge in [-0.2, -0.15) is 0 Å². The van der Waals surface area contributed by atoms with Crippen LogP contribution in [0.3, 0.4) is 0 Å². The summed E-state index contributed by atoms with van der Waals surface area (Å²) in [6.07, 6.45) is 8.13. The van der Waals surface area contributed by atoms with Crippen LogP contribution in [0.1, 0.15) is 24.8 Å². The van der Waals surface area contributed by atoms with Crippen molar-refractivity contribution in [2.75, 3.05) is 0 Å². The molecule has 0 fully saturated rings. The lowest BCUT2D eigenvalue weighted by molar-refractivity contribution is -0.115. The van der Waals surface area contributed by atoms with Crippen LogP contribution in [0.15, 0.2) is 55.1 Å². The topological polar surface area (TPSA) is 17.1 Å². The van der Waals surface area contributed by atoms with Crippen molar-refractivity contribution in [3.05, 3.63) is 60.7 Å². The summed E-state index contributed by atoms with van der Waals surface area (Å²) in [6, 6.07) is 10.4. The summed E-state index contributed by atoms with van der Waals surface area (Å²) in [4.78, 5) is 11.3. The van der Waals surface area contributed by atoms with Crippen molar-refractivity contribution in [2.45, 2.75) is 24.7 Å². The summed E-state index contributed by atoms with van der Waals surface area (Å²) >= 11 is 0. The highest BCUT2D eigenvalue weighted by molar-refractivity contribution is 5.91. The lowest BCUT2D eigenvalue weighted by atomic mass is 9.71. The van der Waals surface area contributed by atoms with E-state index in [0.717, 1.165) is 12.8 Å². The molecular weight excluding hydrogens is 196 g/mol. The van der Waals surface area contributed by atoms with Crippen molar-refractivity contribution in [3.8, 4) is 0 Å². The molecule has 1 unspecified atom stereocenters. The van der Waals surface area contributed by atoms with E-state index in [4.69, 9.17) is 0 Å². The SMILES string of the molecule is C=CCC1(c2ccccc2)C=CC(=O)CC1. The summed E-state index contributed by atoms with van der Waals surface area (Å²) in [5.74, 6) is 0.232. The molecule has 0 spiro atoms. The van der Waals surface area contributed by atoms with E-state index in [1.807, 2.05) is 24.3 Å². The van der Waals surface area contributed by atoms with Crippen LogP contribution in [0.5, 0.6) is 0 Å². The van der Waals surface area contributed by atoms with Gasteiger partial charge in [0.25, 0.3) is 0 Å². The molecule has 0 saturated carbocycles. The second kappa shape index (κ2) is 4.48. The van der Waals surface area contributed by atoms with Crippen LogP contribution in [-0.2, 0) is 10.2 Å². The van der Waals surface area contributed by atoms with Crippen LogP contribution in [0.25, 0.3) is 0 Å². The third-order valence-electron chi connectivity index (χ3n) is 3.26. The molecule has 16 heavy (non-hydrogen) atoms. The minimum atomic E-state index is -0.0169. The van der Waals surface area contributed by atoms with Gasteiger partial charge in [-0.25, -0.2) is 0 Å². The molecule has 1 aliphatic carbocycles. The van der Waals surface area contributed by atoms with Gasteiger partial charge in [-0.05, 0) is 24.5 Å². The second-order valence-corrected chi connectivity index (χ2v) is 4.31. The number of hydrogen-bond donors (Lipinski definition) is 0. The average molecular weight is 212 g/mol. The normalized spacial score (nSPS) is 24.4. The maximum Gasteiger partial charge on any atom is 0.155 e. The number of ketones is 1. The van der Waals surface area contributed by atoms with Gasteiger partial charge in [0.1, 0.15) is 0 Å². The van der Waals surface area contributed by atoms with Crippen LogP contribution < -0.4 is 0 Å². The molecule has 82 valence electrons. The first kappa shape index (κ1) is 10.9. The molecule has 0 amide bonds. The number of allylic oxidation sites excluding steroid dienone is 3. The molecule has 1 nitrogen and oxygen atoms in total. The van der Waals surface area contributed by atoms with Crippen molar-refractivity contribution in [3.63, 3.8) is 0 Å². The van der Waals surface area contributed by atoms with Crippen molar-refractivity contribution >= 4 is 5.78 Å². The van der Waals surface area contributed by atoms with Crippen molar-refractivity contribution < 1.29 is 4.79 Å². The molecule has 1 atom stereocenters. The molecule has 0 radical (unpaired) electrons. The monoisotopic (exact) mass is 212 g/mol. The van der Waals surface area contributed by atoms with Gasteiger partial charge in [-0.3, -0.25) is 4.79 Å². The fourth-order valence-electron chi connectivity index (χ4n) is 2.32. The average Bonchev–Trinajstić information content (AvgIpc) is 2.34. The lowest BCUT2D eigenvalue weighted by Gasteiger charge is -2.32. The van der Waals surface area contributed by atoms with Gasteiger partial charge in [-0.15, -0.1) is 6.58 Å². The van der Waals surface area contributed by atoms with Crippen LogP contribution in [0.2, 0.25) is 0 Å². The summed E-state index contributed by atoms with van der Waals surface area (Å²) < 4.78 is 0. The highest BCUT2D eigenvalue weighted by atomic mass is 16.1. The summed E-state index contributed by atoms with van der Waals surface area (Å²) in [5, 5.41) is 0. The maximum absolute atomic E-state index is 11.3. The molecule has 1 aliphatic rings. The number of rotatable bonds is 3. The minimum Gasteiger partial charge on any atom is -0.295 e. The Hall–Kier alpha value is -1.63. The van der Waals surface area contributed by atoms with E-state index in [1.54, 1.807) is 6.08 Å². The van der Waals surface area contributed by atoms with Gasteiger partial charge >= 0.3 is 0 Å². The zero-order valence-corrected chi connectivity index (χ0v) is 9.36. The predicted molar refractivity (Wildman–Crippen MR) is 66.3 cm³/mol. The fourth-order valence-corrected chi connectivity index (χ4v) is 2.32. The van der Waals surface area contributed by atoms with E-state index in [0.29, 0.717) is 6.42 Å². The van der Waals surface area contributed by atoms with E-state index in [2.05, 4.69) is 24.8 Å². The standard InChI is InChI=1S/C15H16O/c1-2-10-15(11-8-14(16)9-12-15)13-6-4-3-5-7-13/h2-8,11H,1,9-10,12H2. The fraction of sp³-hybridized carbons (Fsp3) is 0.267. The molecule has 0 heterocycles. The van der Waals surface area contributed by atoms with E-state index >= 15 is 0 Å². The van der Waals surface area contributed by atoms with Crippen molar-refractivity contribution in [2.24, 2.45) is 0 Å². The largest absolute Gasteiger partial charge is 0.295 e. The number of hydrogen-bond acceptors (Lipinski definition) is 1. The Bertz CT molecular complexity index is 416. The Labute approximate surface area is 96.5 Å². The predicted octanol–water partition coefficient (Wildman–Crippen LogP) is 3.42. The zero-order chi connectivity index (χ0) is 11.4. The first-order valence-corrected chi connectivity index (χ1v) is 5.65. The Balaban J connectivity index is 2.40. The number of benzene rings is 1. The Kier molecular flexibility index (Phi) is 3.04. The molecule has 0 saturated heterocycles. The van der Waals surface area contributed by atoms with Crippen LogP contribution in [-0.4, -0.2) is 5.78 Å². The summed E-state index contributed by atoms with van der Waals surface area (Å²) in [5.41, 5.74) is 1.26. The molecule has 1 aromatic rings. The van der Waals surface area contributed by atoms with E-state index in [1.165, 1.54) is 5.56 Å². The van der Waals surface area contributed by atoms with Crippen LogP contribution in [0, 0.1) is 0 Å². The van der Waals surface area contributed by atoms with Crippen LogP contribution in [0.4, 0.5) is 0 Å². The van der Waals surface area contributed by atoms with Gasteiger partial charge in [0.05, 0.1) is 0 Å². The van der Waals surface area contributed by atoms with Crippen molar-refractivity contribution in [1.82, 2.24) is 0 Å². The molecule has 0 aromatic heterocycles. The van der Waals surface area contributed by atoms with E-state index < -0.39 is 0 Å². The van der Waals surface area contributed by atoms with Gasteiger partial charge < -0.3 is 0 Å². The quantitative estimate of drug-likeness (QED) is 0.702. The molecule has 1 heteroatoms. The molecule has 2 rings (SSSR count). The number of carbonyl (C=O) groups is 1. The second-order valence-electron chi connectivity index (χ2n) is 4.31. The molecular formula is C15H16O. The maximum atomic E-state index is 11.3. The van der Waals surface area contributed by atoms with E-state index in [-0.39, 0.29) is 11.2 Å². The van der Waals surface area contributed by atoms with E-state index in [9.17, 15) is 4.79 Å². The smallest absolute Gasteiger partial charge is 0.155 e. The van der Waals surface area contributed by atoms with Gasteiger partial charge in [0, 0.05) is 11.8 Å².